The summed E-state index contributed by atoms with van der Waals surface area (Å²) in [6.07, 6.45) is 62.2. The lowest BCUT2D eigenvalue weighted by Crippen LogP contribution is -2.03. The van der Waals surface area contributed by atoms with E-state index in [1.807, 2.05) is 19.1 Å². The second-order valence-corrected chi connectivity index (χ2v) is 20.7. The Morgan fingerprint density at radius 2 is 0.612 bits per heavy atom. The molecule has 0 amide bonds. The number of hydrogen-bond donors (Lipinski definition) is 0. The van der Waals surface area contributed by atoms with Crippen molar-refractivity contribution in [2.45, 2.75) is 317 Å². The Hall–Kier alpha value is -2.49. The zero-order valence-electron chi connectivity index (χ0n) is 45.2. The molecule has 0 aliphatic heterocycles. The summed E-state index contributed by atoms with van der Waals surface area (Å²) in [5, 5.41) is 9.56. The van der Waals surface area contributed by atoms with Crippen LogP contribution in [0.3, 0.4) is 0 Å². The third-order valence-corrected chi connectivity index (χ3v) is 14.5. The number of ether oxygens (including phenoxy) is 1. The molecule has 0 saturated heterocycles. The van der Waals surface area contributed by atoms with Crippen LogP contribution in [-0.2, 0) is 24.0 Å². The van der Waals surface area contributed by atoms with Crippen molar-refractivity contribution in [3.05, 3.63) is 58.7 Å². The van der Waals surface area contributed by atoms with Gasteiger partial charge < -0.3 is 4.74 Å². The van der Waals surface area contributed by atoms with Crippen LogP contribution in [0.2, 0.25) is 0 Å². The Bertz CT molecular complexity index is 1360. The highest BCUT2D eigenvalue weighted by Crippen LogP contribution is 2.30. The molecule has 0 aliphatic carbocycles. The van der Waals surface area contributed by atoms with Crippen molar-refractivity contribution in [3.8, 4) is 0 Å². The molecule has 0 heterocycles. The Balaban J connectivity index is 2.03. The van der Waals surface area contributed by atoms with Crippen LogP contribution in [0, 0.1) is 0 Å². The molecular formula is C63H110N2O2. The number of aryl methyl sites for hydroxylation is 2. The van der Waals surface area contributed by atoms with Crippen LogP contribution in [0.4, 0.5) is 11.4 Å². The number of nitrogens with zero attached hydrogens (tertiary/aromatic N) is 2. The Morgan fingerprint density at radius 1 is 0.343 bits per heavy atom. The average Bonchev–Trinajstić information content (AvgIpc) is 3.34. The first-order valence-electron chi connectivity index (χ1n) is 30.0. The van der Waals surface area contributed by atoms with Crippen molar-refractivity contribution < 1.29 is 9.53 Å². The van der Waals surface area contributed by atoms with E-state index < -0.39 is 0 Å². The first-order valence-corrected chi connectivity index (χ1v) is 30.0. The van der Waals surface area contributed by atoms with E-state index in [0.29, 0.717) is 12.2 Å². The SMILES string of the molecule is CCCCCCCCCCCCCCCCc1cc(N=Nc2ccc(C(=O)OCC)cc2)cc(CCCCCCCCCCCCCCCC)c1CCCCCCCCCCCCCCCC. The normalized spacial score (nSPS) is 11.6. The van der Waals surface area contributed by atoms with Crippen LogP contribution in [0.5, 0.6) is 0 Å². The maximum absolute atomic E-state index is 12.3. The predicted octanol–water partition coefficient (Wildman–Crippen LogP) is 22.4. The molecule has 0 fully saturated rings. The fourth-order valence-corrected chi connectivity index (χ4v) is 10.1. The summed E-state index contributed by atoms with van der Waals surface area (Å²) < 4.78 is 5.20. The zero-order chi connectivity index (χ0) is 47.9. The molecule has 0 atom stereocenters. The van der Waals surface area contributed by atoms with E-state index in [9.17, 15) is 4.79 Å². The number of unbranched alkanes of at least 4 members (excludes halogenated alkanes) is 39. The smallest absolute Gasteiger partial charge is 0.338 e. The molecule has 2 rings (SSSR count). The summed E-state index contributed by atoms with van der Waals surface area (Å²) in [5.74, 6) is -0.290. The van der Waals surface area contributed by atoms with Crippen LogP contribution in [0.15, 0.2) is 46.6 Å². The fraction of sp³-hybridized carbons (Fsp3) is 0.794. The minimum absolute atomic E-state index is 0.290. The molecule has 0 spiro atoms. The van der Waals surface area contributed by atoms with E-state index in [2.05, 4.69) is 32.9 Å². The topological polar surface area (TPSA) is 51.0 Å². The molecule has 0 N–H and O–H groups in total. The van der Waals surface area contributed by atoms with Gasteiger partial charge in [0.1, 0.15) is 0 Å². The molecule has 2 aromatic rings. The maximum atomic E-state index is 12.3. The van der Waals surface area contributed by atoms with E-state index in [-0.39, 0.29) is 5.97 Å². The number of carbonyl (C=O) groups excluding carboxylic acids is 1. The van der Waals surface area contributed by atoms with Gasteiger partial charge in [-0.2, -0.15) is 10.2 Å². The molecule has 2 aromatic carbocycles. The van der Waals surface area contributed by atoms with Gasteiger partial charge in [0.05, 0.1) is 23.5 Å². The summed E-state index contributed by atoms with van der Waals surface area (Å²) in [6, 6.07) is 12.1. The van der Waals surface area contributed by atoms with Crippen molar-refractivity contribution in [2.75, 3.05) is 6.61 Å². The summed E-state index contributed by atoms with van der Waals surface area (Å²) in [7, 11) is 0. The van der Waals surface area contributed by atoms with Crippen molar-refractivity contribution in [1.29, 1.82) is 0 Å². The van der Waals surface area contributed by atoms with Crippen LogP contribution in [0.25, 0.3) is 0 Å². The van der Waals surface area contributed by atoms with E-state index in [0.717, 1.165) is 24.2 Å². The molecule has 4 heteroatoms. The first-order chi connectivity index (χ1) is 33.1. The van der Waals surface area contributed by atoms with Crippen LogP contribution < -0.4 is 0 Å². The van der Waals surface area contributed by atoms with E-state index in [1.165, 1.54) is 287 Å². The second-order valence-electron chi connectivity index (χ2n) is 20.7. The van der Waals surface area contributed by atoms with Crippen LogP contribution >= 0.6 is 0 Å². The van der Waals surface area contributed by atoms with Gasteiger partial charge in [-0.15, -0.1) is 0 Å². The van der Waals surface area contributed by atoms with Gasteiger partial charge in [0.2, 0.25) is 0 Å². The van der Waals surface area contributed by atoms with Gasteiger partial charge in [-0.3, -0.25) is 0 Å². The summed E-state index contributed by atoms with van der Waals surface area (Å²) in [5.41, 5.74) is 7.01. The highest BCUT2D eigenvalue weighted by molar-refractivity contribution is 5.89. The molecule has 384 valence electrons. The third kappa shape index (κ3) is 34.5. The molecule has 4 nitrogen and oxygen atoms in total. The lowest BCUT2D eigenvalue weighted by molar-refractivity contribution is 0.0526. The number of azo groups is 1. The number of rotatable bonds is 49. The van der Waals surface area contributed by atoms with Gasteiger partial charge in [-0.05, 0) is 98.5 Å². The molecule has 0 radical (unpaired) electrons. The highest BCUT2D eigenvalue weighted by atomic mass is 16.5. The molecule has 0 bridgehead atoms. The van der Waals surface area contributed by atoms with Gasteiger partial charge in [-0.1, -0.05) is 271 Å². The Morgan fingerprint density at radius 3 is 0.910 bits per heavy atom. The highest BCUT2D eigenvalue weighted by Gasteiger charge is 2.13. The van der Waals surface area contributed by atoms with E-state index >= 15 is 0 Å². The fourth-order valence-electron chi connectivity index (χ4n) is 10.1. The molecule has 0 aromatic heterocycles. The quantitative estimate of drug-likeness (QED) is 0.0377. The molecule has 0 aliphatic rings. The van der Waals surface area contributed by atoms with E-state index in [1.54, 1.807) is 17.7 Å². The summed E-state index contributed by atoms with van der Waals surface area (Å²) in [6.45, 7) is 9.14. The van der Waals surface area contributed by atoms with Gasteiger partial charge in [0.15, 0.2) is 0 Å². The zero-order valence-corrected chi connectivity index (χ0v) is 45.2. The van der Waals surface area contributed by atoms with Crippen molar-refractivity contribution in [3.63, 3.8) is 0 Å². The van der Waals surface area contributed by atoms with Gasteiger partial charge in [0, 0.05) is 0 Å². The Labute approximate surface area is 417 Å². The number of esters is 1. The molecule has 67 heavy (non-hydrogen) atoms. The van der Waals surface area contributed by atoms with Crippen LogP contribution in [0.1, 0.15) is 324 Å². The van der Waals surface area contributed by atoms with Crippen molar-refractivity contribution >= 4 is 17.3 Å². The minimum Gasteiger partial charge on any atom is -0.462 e. The standard InChI is InChI=1S/C63H110N2O2/c1-5-9-12-15-18-21-24-27-30-33-36-39-42-45-48-58-55-61(65-64-60-53-51-57(52-54-60)63(66)67-8-4)56-59(49-46-43-40-37-34-31-28-25-22-19-16-13-10-6-2)62(58)50-47-44-41-38-35-32-29-26-23-20-17-14-11-7-3/h51-56H,5-50H2,1-4H3. The molecular weight excluding hydrogens is 817 g/mol. The number of hydrogen-bond acceptors (Lipinski definition) is 4. The Kier molecular flexibility index (Phi) is 41.6. The second kappa shape index (κ2) is 45.9. The number of carbonyl (C=O) groups is 1. The van der Waals surface area contributed by atoms with Gasteiger partial charge >= 0.3 is 5.97 Å². The first kappa shape index (κ1) is 60.6. The third-order valence-electron chi connectivity index (χ3n) is 14.5. The molecule has 0 saturated carbocycles. The number of benzene rings is 2. The molecule has 0 unspecified atom stereocenters. The lowest BCUT2D eigenvalue weighted by Gasteiger charge is -2.17. The monoisotopic (exact) mass is 927 g/mol. The van der Waals surface area contributed by atoms with Crippen molar-refractivity contribution in [1.82, 2.24) is 0 Å². The predicted molar refractivity (Wildman–Crippen MR) is 295 cm³/mol. The van der Waals surface area contributed by atoms with Crippen molar-refractivity contribution in [2.24, 2.45) is 10.2 Å². The minimum atomic E-state index is -0.290. The van der Waals surface area contributed by atoms with E-state index in [4.69, 9.17) is 15.0 Å². The summed E-state index contributed by atoms with van der Waals surface area (Å²) in [4.78, 5) is 12.3. The lowest BCUT2D eigenvalue weighted by atomic mass is 9.89. The van der Waals surface area contributed by atoms with Gasteiger partial charge in [0.25, 0.3) is 0 Å². The summed E-state index contributed by atoms with van der Waals surface area (Å²) >= 11 is 0. The van der Waals surface area contributed by atoms with Crippen LogP contribution in [-0.4, -0.2) is 12.6 Å². The largest absolute Gasteiger partial charge is 0.462 e. The average molecular weight is 928 g/mol. The maximum Gasteiger partial charge on any atom is 0.338 e. The van der Waals surface area contributed by atoms with Gasteiger partial charge in [-0.25, -0.2) is 4.79 Å².